The fourth-order valence-corrected chi connectivity index (χ4v) is 3.23. The van der Waals surface area contributed by atoms with Crippen molar-refractivity contribution >= 4 is 34.7 Å². The number of benzene rings is 2. The Balaban J connectivity index is 1.64. The molecule has 0 aliphatic carbocycles. The summed E-state index contributed by atoms with van der Waals surface area (Å²) in [5.74, 6) is -1.91. The SMILES string of the molecule is COc1ccc(C(=O)COC(=O)c2csc(-c3cccc(Cl)c3)n2)cc1F. The number of thiazole rings is 1. The number of ketones is 1. The molecule has 0 fully saturated rings. The van der Waals surface area contributed by atoms with Crippen LogP contribution in [0, 0.1) is 5.82 Å². The molecule has 0 N–H and O–H groups in total. The molecular formula is C19H13ClFNO4S. The number of rotatable bonds is 6. The molecule has 1 heterocycles. The van der Waals surface area contributed by atoms with Crippen molar-refractivity contribution in [1.82, 2.24) is 4.98 Å². The van der Waals surface area contributed by atoms with E-state index in [0.29, 0.717) is 10.0 Å². The third-order valence-electron chi connectivity index (χ3n) is 3.59. The predicted molar refractivity (Wildman–Crippen MR) is 100 cm³/mol. The summed E-state index contributed by atoms with van der Waals surface area (Å²) in [7, 11) is 1.33. The van der Waals surface area contributed by atoms with Crippen LogP contribution >= 0.6 is 22.9 Å². The zero-order valence-corrected chi connectivity index (χ0v) is 15.6. The number of Topliss-reactive ketones (excluding diaryl/α,β-unsaturated/α-hetero) is 1. The van der Waals surface area contributed by atoms with Crippen LogP contribution in [0.4, 0.5) is 4.39 Å². The number of hydrogen-bond acceptors (Lipinski definition) is 6. The number of carbonyl (C=O) groups is 2. The van der Waals surface area contributed by atoms with E-state index in [1.807, 2.05) is 6.07 Å². The highest BCUT2D eigenvalue weighted by Gasteiger charge is 2.17. The van der Waals surface area contributed by atoms with Crippen LogP contribution in [-0.2, 0) is 4.74 Å². The second kappa shape index (κ2) is 8.28. The third kappa shape index (κ3) is 4.50. The van der Waals surface area contributed by atoms with Crippen molar-refractivity contribution in [3.63, 3.8) is 0 Å². The van der Waals surface area contributed by atoms with Gasteiger partial charge in [0.2, 0.25) is 0 Å². The van der Waals surface area contributed by atoms with Gasteiger partial charge in [-0.3, -0.25) is 4.79 Å². The molecule has 3 rings (SSSR count). The van der Waals surface area contributed by atoms with E-state index in [-0.39, 0.29) is 17.0 Å². The van der Waals surface area contributed by atoms with Gasteiger partial charge in [0.25, 0.3) is 0 Å². The topological polar surface area (TPSA) is 65.5 Å². The smallest absolute Gasteiger partial charge is 0.358 e. The van der Waals surface area contributed by atoms with E-state index in [1.165, 1.54) is 36.0 Å². The first-order chi connectivity index (χ1) is 13.0. The molecule has 0 amide bonds. The zero-order valence-electron chi connectivity index (χ0n) is 14.1. The van der Waals surface area contributed by atoms with Crippen LogP contribution in [0.5, 0.6) is 5.75 Å². The summed E-state index contributed by atoms with van der Waals surface area (Å²) in [4.78, 5) is 28.4. The van der Waals surface area contributed by atoms with Crippen LogP contribution in [-0.4, -0.2) is 30.5 Å². The number of esters is 1. The molecule has 1 aromatic heterocycles. The number of carbonyl (C=O) groups excluding carboxylic acids is 2. The maximum absolute atomic E-state index is 13.7. The van der Waals surface area contributed by atoms with Crippen molar-refractivity contribution < 1.29 is 23.5 Å². The summed E-state index contributed by atoms with van der Waals surface area (Å²) in [5, 5.41) is 2.70. The number of nitrogens with zero attached hydrogens (tertiary/aromatic N) is 1. The van der Waals surface area contributed by atoms with Gasteiger partial charge in [-0.05, 0) is 30.3 Å². The van der Waals surface area contributed by atoms with E-state index in [2.05, 4.69) is 4.98 Å². The molecule has 0 aliphatic heterocycles. The second-order valence-corrected chi connectivity index (χ2v) is 6.69. The average molecular weight is 406 g/mol. The van der Waals surface area contributed by atoms with Crippen LogP contribution in [0.25, 0.3) is 10.6 Å². The number of aromatic nitrogens is 1. The summed E-state index contributed by atoms with van der Waals surface area (Å²) >= 11 is 7.21. The molecule has 0 atom stereocenters. The molecule has 2 aromatic carbocycles. The summed E-state index contributed by atoms with van der Waals surface area (Å²) in [6.45, 7) is -0.519. The van der Waals surface area contributed by atoms with Gasteiger partial charge < -0.3 is 9.47 Å². The van der Waals surface area contributed by atoms with E-state index in [9.17, 15) is 14.0 Å². The number of hydrogen-bond donors (Lipinski definition) is 0. The first kappa shape index (κ1) is 19.0. The molecule has 0 saturated heterocycles. The van der Waals surface area contributed by atoms with Gasteiger partial charge in [0.05, 0.1) is 7.11 Å². The van der Waals surface area contributed by atoms with Gasteiger partial charge in [-0.2, -0.15) is 0 Å². The Morgan fingerprint density at radius 2 is 2.04 bits per heavy atom. The van der Waals surface area contributed by atoms with Crippen molar-refractivity contribution in [1.29, 1.82) is 0 Å². The predicted octanol–water partition coefficient (Wildman–Crippen LogP) is 4.65. The van der Waals surface area contributed by atoms with Gasteiger partial charge >= 0.3 is 5.97 Å². The lowest BCUT2D eigenvalue weighted by Gasteiger charge is -2.05. The Labute approximate surface area is 163 Å². The van der Waals surface area contributed by atoms with E-state index < -0.39 is 24.2 Å². The molecule has 0 spiro atoms. The minimum Gasteiger partial charge on any atom is -0.494 e. The van der Waals surface area contributed by atoms with Crippen molar-refractivity contribution in [3.05, 3.63) is 69.9 Å². The van der Waals surface area contributed by atoms with Gasteiger partial charge in [0.1, 0.15) is 5.01 Å². The van der Waals surface area contributed by atoms with Crippen molar-refractivity contribution in [2.45, 2.75) is 0 Å². The van der Waals surface area contributed by atoms with Crippen LogP contribution in [0.2, 0.25) is 5.02 Å². The summed E-state index contributed by atoms with van der Waals surface area (Å²) in [6, 6.07) is 10.8. The van der Waals surface area contributed by atoms with E-state index in [1.54, 1.807) is 18.2 Å². The minimum absolute atomic E-state index is 0.0274. The molecule has 0 aliphatic rings. The van der Waals surface area contributed by atoms with Gasteiger partial charge in [-0.25, -0.2) is 14.2 Å². The van der Waals surface area contributed by atoms with Gasteiger partial charge in [-0.15, -0.1) is 11.3 Å². The third-order valence-corrected chi connectivity index (χ3v) is 4.72. The Bertz CT molecular complexity index is 1000. The van der Waals surface area contributed by atoms with Gasteiger partial charge in [0, 0.05) is 21.5 Å². The maximum Gasteiger partial charge on any atom is 0.358 e. The summed E-state index contributed by atoms with van der Waals surface area (Å²) in [6.07, 6.45) is 0. The minimum atomic E-state index is -0.734. The molecule has 0 unspecified atom stereocenters. The quantitative estimate of drug-likeness (QED) is 0.441. The van der Waals surface area contributed by atoms with Crippen LogP contribution in [0.15, 0.2) is 47.8 Å². The fraction of sp³-hybridized carbons (Fsp3) is 0.105. The van der Waals surface area contributed by atoms with Gasteiger partial charge in [0.15, 0.2) is 29.7 Å². The first-order valence-electron chi connectivity index (χ1n) is 7.73. The lowest BCUT2D eigenvalue weighted by atomic mass is 10.1. The monoisotopic (exact) mass is 405 g/mol. The Morgan fingerprint density at radius 1 is 1.22 bits per heavy atom. The van der Waals surface area contributed by atoms with E-state index >= 15 is 0 Å². The molecule has 0 bridgehead atoms. The molecule has 8 heteroatoms. The lowest BCUT2D eigenvalue weighted by Crippen LogP contribution is -2.14. The molecular weight excluding hydrogens is 393 g/mol. The summed E-state index contributed by atoms with van der Waals surface area (Å²) in [5.41, 5.74) is 0.944. The molecule has 0 radical (unpaired) electrons. The van der Waals surface area contributed by atoms with Gasteiger partial charge in [-0.1, -0.05) is 23.7 Å². The zero-order chi connectivity index (χ0) is 19.4. The first-order valence-corrected chi connectivity index (χ1v) is 8.99. The molecule has 0 saturated carbocycles. The normalized spacial score (nSPS) is 10.5. The summed E-state index contributed by atoms with van der Waals surface area (Å²) < 4.78 is 23.4. The van der Waals surface area contributed by atoms with Crippen LogP contribution in [0.3, 0.4) is 0 Å². The van der Waals surface area contributed by atoms with Crippen LogP contribution < -0.4 is 4.74 Å². The largest absolute Gasteiger partial charge is 0.494 e. The molecule has 138 valence electrons. The highest BCUT2D eigenvalue weighted by molar-refractivity contribution is 7.13. The highest BCUT2D eigenvalue weighted by Crippen LogP contribution is 2.26. The maximum atomic E-state index is 13.7. The average Bonchev–Trinajstić information content (AvgIpc) is 3.16. The van der Waals surface area contributed by atoms with Crippen molar-refractivity contribution in [3.8, 4) is 16.3 Å². The molecule has 27 heavy (non-hydrogen) atoms. The van der Waals surface area contributed by atoms with E-state index in [0.717, 1.165) is 11.6 Å². The highest BCUT2D eigenvalue weighted by atomic mass is 35.5. The number of ether oxygens (including phenoxy) is 2. The number of methoxy groups -OCH3 is 1. The Hall–Kier alpha value is -2.77. The van der Waals surface area contributed by atoms with E-state index in [4.69, 9.17) is 21.1 Å². The van der Waals surface area contributed by atoms with Crippen molar-refractivity contribution in [2.24, 2.45) is 0 Å². The Kier molecular flexibility index (Phi) is 5.83. The lowest BCUT2D eigenvalue weighted by molar-refractivity contribution is 0.0469. The number of halogens is 2. The molecule has 5 nitrogen and oxygen atoms in total. The Morgan fingerprint density at radius 3 is 2.74 bits per heavy atom. The van der Waals surface area contributed by atoms with Crippen LogP contribution in [0.1, 0.15) is 20.8 Å². The standard InChI is InChI=1S/C19H13ClFNO4S/c1-25-17-6-5-11(8-14(17)21)16(23)9-26-19(24)15-10-27-18(22-15)12-3-2-4-13(20)7-12/h2-8,10H,9H2,1H3. The molecule has 3 aromatic rings. The fourth-order valence-electron chi connectivity index (χ4n) is 2.25. The van der Waals surface area contributed by atoms with Crippen molar-refractivity contribution in [2.75, 3.05) is 13.7 Å². The second-order valence-electron chi connectivity index (χ2n) is 5.40.